The summed E-state index contributed by atoms with van der Waals surface area (Å²) in [5.41, 5.74) is 3.36. The number of hydrogen-bond donors (Lipinski definition) is 1. The highest BCUT2D eigenvalue weighted by molar-refractivity contribution is 7.92. The van der Waals surface area contributed by atoms with Gasteiger partial charge in [-0.3, -0.25) is 13.9 Å². The van der Waals surface area contributed by atoms with Crippen molar-refractivity contribution in [3.05, 3.63) is 65.2 Å². The Morgan fingerprint density at radius 1 is 1.03 bits per heavy atom. The zero-order valence-electron chi connectivity index (χ0n) is 21.2. The third-order valence-electron chi connectivity index (χ3n) is 6.52. The molecule has 0 radical (unpaired) electrons. The number of rotatable bonds is 10. The number of carbonyl (C=O) groups excluding carboxylic acids is 2. The van der Waals surface area contributed by atoms with Gasteiger partial charge in [0, 0.05) is 12.6 Å². The number of carbonyl (C=O) groups is 2. The highest BCUT2D eigenvalue weighted by Crippen LogP contribution is 2.22. The molecule has 2 aromatic carbocycles. The molecule has 1 atom stereocenters. The molecule has 8 heteroatoms. The van der Waals surface area contributed by atoms with E-state index in [-0.39, 0.29) is 25.0 Å². The minimum absolute atomic E-state index is 0.132. The highest BCUT2D eigenvalue weighted by Gasteiger charge is 2.33. The van der Waals surface area contributed by atoms with E-state index in [9.17, 15) is 18.0 Å². The molecule has 1 saturated carbocycles. The Balaban J connectivity index is 1.91. The Bertz CT molecular complexity index is 1130. The number of aryl methyl sites for hydroxylation is 2. The third kappa shape index (κ3) is 7.31. The molecule has 3 rings (SSSR count). The van der Waals surface area contributed by atoms with Gasteiger partial charge in [0.05, 0.1) is 11.9 Å². The summed E-state index contributed by atoms with van der Waals surface area (Å²) in [5, 5.41) is 3.12. The van der Waals surface area contributed by atoms with Crippen molar-refractivity contribution in [1.29, 1.82) is 0 Å². The highest BCUT2D eigenvalue weighted by atomic mass is 32.2. The Morgan fingerprint density at radius 3 is 2.26 bits per heavy atom. The average molecular weight is 500 g/mol. The van der Waals surface area contributed by atoms with Crippen LogP contribution in [-0.4, -0.2) is 50.0 Å². The molecule has 0 saturated heterocycles. The van der Waals surface area contributed by atoms with Crippen molar-refractivity contribution in [1.82, 2.24) is 10.2 Å². The molecule has 1 aliphatic carbocycles. The summed E-state index contributed by atoms with van der Waals surface area (Å²) < 4.78 is 26.4. The molecule has 0 unspecified atom stereocenters. The van der Waals surface area contributed by atoms with Gasteiger partial charge in [-0.25, -0.2) is 8.42 Å². The fraction of sp³-hybridized carbons (Fsp3) is 0.481. The molecule has 1 fully saturated rings. The second kappa shape index (κ2) is 11.7. The Morgan fingerprint density at radius 2 is 1.69 bits per heavy atom. The lowest BCUT2D eigenvalue weighted by molar-refractivity contribution is -0.140. The number of amides is 2. The molecule has 0 aliphatic heterocycles. The predicted molar refractivity (Wildman–Crippen MR) is 140 cm³/mol. The fourth-order valence-electron chi connectivity index (χ4n) is 4.62. The summed E-state index contributed by atoms with van der Waals surface area (Å²) in [6.45, 7) is 5.62. The van der Waals surface area contributed by atoms with Gasteiger partial charge in [-0.1, -0.05) is 67.3 Å². The predicted octanol–water partition coefficient (Wildman–Crippen LogP) is 3.94. The van der Waals surface area contributed by atoms with Crippen molar-refractivity contribution in [2.24, 2.45) is 0 Å². The van der Waals surface area contributed by atoms with Crippen molar-refractivity contribution >= 4 is 27.5 Å². The van der Waals surface area contributed by atoms with Crippen LogP contribution in [0.15, 0.2) is 48.5 Å². The molecule has 0 bridgehead atoms. The molecule has 1 N–H and O–H groups in total. The van der Waals surface area contributed by atoms with Crippen LogP contribution in [0.5, 0.6) is 0 Å². The number of nitrogens with one attached hydrogen (secondary N) is 1. The van der Waals surface area contributed by atoms with Gasteiger partial charge in [-0.15, -0.1) is 0 Å². The van der Waals surface area contributed by atoms with Gasteiger partial charge in [0.2, 0.25) is 21.8 Å². The maximum atomic E-state index is 13.7. The zero-order valence-corrected chi connectivity index (χ0v) is 22.0. The van der Waals surface area contributed by atoms with Crippen molar-refractivity contribution in [2.45, 2.75) is 71.5 Å². The largest absolute Gasteiger partial charge is 0.352 e. The normalized spacial score (nSPS) is 15.0. The van der Waals surface area contributed by atoms with Crippen LogP contribution in [0.3, 0.4) is 0 Å². The van der Waals surface area contributed by atoms with Crippen LogP contribution in [0.1, 0.15) is 55.7 Å². The van der Waals surface area contributed by atoms with Crippen LogP contribution in [0, 0.1) is 13.8 Å². The Hall–Kier alpha value is -2.87. The molecule has 0 aromatic heterocycles. The first-order valence-corrected chi connectivity index (χ1v) is 14.1. The van der Waals surface area contributed by atoms with Gasteiger partial charge in [0.1, 0.15) is 12.6 Å². The summed E-state index contributed by atoms with van der Waals surface area (Å²) in [6, 6.07) is 14.2. The summed E-state index contributed by atoms with van der Waals surface area (Å²) in [6.07, 6.45) is 5.60. The number of nitrogens with zero attached hydrogens (tertiary/aromatic N) is 2. The Labute approximate surface area is 209 Å². The van der Waals surface area contributed by atoms with Crippen molar-refractivity contribution in [3.63, 3.8) is 0 Å². The Kier molecular flexibility index (Phi) is 8.94. The summed E-state index contributed by atoms with van der Waals surface area (Å²) >= 11 is 0. The number of benzene rings is 2. The first-order chi connectivity index (χ1) is 16.6. The zero-order chi connectivity index (χ0) is 25.6. The van der Waals surface area contributed by atoms with Crippen LogP contribution >= 0.6 is 0 Å². The number of hydrogen-bond acceptors (Lipinski definition) is 4. The molecule has 1 aliphatic rings. The summed E-state index contributed by atoms with van der Waals surface area (Å²) in [4.78, 5) is 28.5. The number of anilines is 1. The van der Waals surface area contributed by atoms with Crippen LogP contribution in [0.4, 0.5) is 5.69 Å². The molecular formula is C27H37N3O4S. The first kappa shape index (κ1) is 26.7. The quantitative estimate of drug-likeness (QED) is 0.537. The minimum atomic E-state index is -3.73. The van der Waals surface area contributed by atoms with Gasteiger partial charge < -0.3 is 10.2 Å². The van der Waals surface area contributed by atoms with E-state index in [0.29, 0.717) is 12.1 Å². The van der Waals surface area contributed by atoms with E-state index in [1.54, 1.807) is 12.1 Å². The summed E-state index contributed by atoms with van der Waals surface area (Å²) in [7, 11) is -3.73. The lowest BCUT2D eigenvalue weighted by Gasteiger charge is -2.33. The molecule has 0 spiro atoms. The van der Waals surface area contributed by atoms with E-state index in [1.165, 1.54) is 4.90 Å². The van der Waals surface area contributed by atoms with E-state index in [1.807, 2.05) is 57.2 Å². The average Bonchev–Trinajstić information content (AvgIpc) is 3.30. The van der Waals surface area contributed by atoms with Gasteiger partial charge >= 0.3 is 0 Å². The first-order valence-electron chi connectivity index (χ1n) is 12.3. The van der Waals surface area contributed by atoms with E-state index in [2.05, 4.69) is 5.32 Å². The topological polar surface area (TPSA) is 86.8 Å². The maximum absolute atomic E-state index is 13.7. The van der Waals surface area contributed by atoms with Crippen LogP contribution in [-0.2, 0) is 26.2 Å². The maximum Gasteiger partial charge on any atom is 0.244 e. The molecule has 0 heterocycles. The summed E-state index contributed by atoms with van der Waals surface area (Å²) in [5.74, 6) is -0.590. The van der Waals surface area contributed by atoms with E-state index >= 15 is 0 Å². The molecule has 7 nitrogen and oxygen atoms in total. The van der Waals surface area contributed by atoms with Crippen LogP contribution in [0.25, 0.3) is 0 Å². The second-order valence-electron chi connectivity index (χ2n) is 9.53. The lowest BCUT2D eigenvalue weighted by Crippen LogP contribution is -2.53. The fourth-order valence-corrected chi connectivity index (χ4v) is 5.47. The van der Waals surface area contributed by atoms with Gasteiger partial charge in [-0.05, 0) is 50.8 Å². The van der Waals surface area contributed by atoms with Crippen LogP contribution < -0.4 is 9.62 Å². The second-order valence-corrected chi connectivity index (χ2v) is 11.4. The molecule has 190 valence electrons. The molecule has 2 aromatic rings. The lowest BCUT2D eigenvalue weighted by atomic mass is 10.1. The number of sulfonamides is 1. The monoisotopic (exact) mass is 499 g/mol. The molecular weight excluding hydrogens is 462 g/mol. The van der Waals surface area contributed by atoms with Crippen LogP contribution in [0.2, 0.25) is 0 Å². The molecule has 35 heavy (non-hydrogen) atoms. The SMILES string of the molecule is CC[C@H](C(=O)NC1CCCC1)N(Cc1cccc(C)c1)C(=O)CN(c1ccc(C)cc1)S(C)(=O)=O. The van der Waals surface area contributed by atoms with Gasteiger partial charge in [0.25, 0.3) is 0 Å². The molecule has 2 amide bonds. The van der Waals surface area contributed by atoms with Crippen molar-refractivity contribution in [3.8, 4) is 0 Å². The van der Waals surface area contributed by atoms with Crippen molar-refractivity contribution in [2.75, 3.05) is 17.1 Å². The van der Waals surface area contributed by atoms with E-state index in [4.69, 9.17) is 0 Å². The van der Waals surface area contributed by atoms with E-state index < -0.39 is 22.0 Å². The van der Waals surface area contributed by atoms with Gasteiger partial charge in [-0.2, -0.15) is 0 Å². The minimum Gasteiger partial charge on any atom is -0.352 e. The smallest absolute Gasteiger partial charge is 0.244 e. The third-order valence-corrected chi connectivity index (χ3v) is 7.66. The van der Waals surface area contributed by atoms with Gasteiger partial charge in [0.15, 0.2) is 0 Å². The van der Waals surface area contributed by atoms with E-state index in [0.717, 1.165) is 52.9 Å². The van der Waals surface area contributed by atoms with Crippen molar-refractivity contribution < 1.29 is 18.0 Å². The standard InChI is InChI=1S/C27H37N3O4S/c1-5-25(27(32)28-23-11-6-7-12-23)29(18-22-10-8-9-21(3)17-22)26(31)19-30(35(4,33)34)24-15-13-20(2)14-16-24/h8-10,13-17,23,25H,5-7,11-12,18-19H2,1-4H3,(H,28,32)/t25-/m1/s1.